The quantitative estimate of drug-likeness (QED) is 0.847. The van der Waals surface area contributed by atoms with Crippen molar-refractivity contribution in [2.45, 2.75) is 71.3 Å². The number of hydrogen-bond acceptors (Lipinski definition) is 2. The summed E-state index contributed by atoms with van der Waals surface area (Å²) in [6, 6.07) is -0.269. The number of amides is 2. The first kappa shape index (κ1) is 16.3. The lowest BCUT2D eigenvalue weighted by Crippen LogP contribution is -2.50. The minimum Gasteiger partial charge on any atom is -0.344 e. The van der Waals surface area contributed by atoms with Gasteiger partial charge in [-0.2, -0.15) is 0 Å². The molecule has 1 heterocycles. The molecule has 1 N–H and O–H groups in total. The number of carbonyl (C=O) groups is 2. The van der Waals surface area contributed by atoms with Crippen molar-refractivity contribution in [1.29, 1.82) is 0 Å². The maximum absolute atomic E-state index is 12.8. The van der Waals surface area contributed by atoms with Crippen LogP contribution in [0, 0.1) is 11.8 Å². The lowest BCUT2D eigenvalue weighted by atomic mass is 9.83. The Morgan fingerprint density at radius 3 is 2.62 bits per heavy atom. The molecule has 1 aliphatic carbocycles. The van der Waals surface area contributed by atoms with Crippen molar-refractivity contribution in [1.82, 2.24) is 10.2 Å². The number of hydrogen-bond donors (Lipinski definition) is 1. The van der Waals surface area contributed by atoms with Gasteiger partial charge in [-0.3, -0.25) is 9.59 Å². The highest BCUT2D eigenvalue weighted by Crippen LogP contribution is 2.28. The van der Waals surface area contributed by atoms with Crippen LogP contribution in [0.5, 0.6) is 0 Å². The fourth-order valence-electron chi connectivity index (χ4n) is 3.78. The first-order valence-electron chi connectivity index (χ1n) is 8.70. The van der Waals surface area contributed by atoms with E-state index in [1.54, 1.807) is 0 Å². The third-order valence-electron chi connectivity index (χ3n) is 4.94. The van der Waals surface area contributed by atoms with Gasteiger partial charge >= 0.3 is 0 Å². The maximum atomic E-state index is 12.8. The van der Waals surface area contributed by atoms with Crippen molar-refractivity contribution < 1.29 is 9.59 Å². The number of nitrogens with one attached hydrogen (secondary N) is 1. The van der Waals surface area contributed by atoms with Crippen molar-refractivity contribution >= 4 is 11.8 Å². The summed E-state index contributed by atoms with van der Waals surface area (Å²) in [4.78, 5) is 26.7. The molecule has 1 saturated carbocycles. The Morgan fingerprint density at radius 1 is 1.24 bits per heavy atom. The molecule has 0 aromatic carbocycles. The number of rotatable bonds is 5. The topological polar surface area (TPSA) is 49.4 Å². The molecule has 2 amide bonds. The Balaban J connectivity index is 2.04. The lowest BCUT2D eigenvalue weighted by Gasteiger charge is -2.32. The summed E-state index contributed by atoms with van der Waals surface area (Å²) in [7, 11) is 0. The summed E-state index contributed by atoms with van der Waals surface area (Å²) in [6.45, 7) is 5.76. The molecule has 0 radical (unpaired) electrons. The van der Waals surface area contributed by atoms with E-state index in [0.29, 0.717) is 24.8 Å². The molecular weight excluding hydrogens is 264 g/mol. The molecule has 21 heavy (non-hydrogen) atoms. The van der Waals surface area contributed by atoms with Crippen molar-refractivity contribution in [2.75, 3.05) is 13.1 Å². The molecule has 2 aliphatic rings. The van der Waals surface area contributed by atoms with Gasteiger partial charge in [-0.15, -0.1) is 0 Å². The molecule has 1 saturated heterocycles. The van der Waals surface area contributed by atoms with Crippen LogP contribution in [0.1, 0.15) is 65.2 Å². The zero-order valence-electron chi connectivity index (χ0n) is 13.6. The number of nitrogens with zero attached hydrogens (tertiary/aromatic N) is 1. The van der Waals surface area contributed by atoms with Crippen LogP contribution in [0.15, 0.2) is 0 Å². The molecule has 0 spiro atoms. The summed E-state index contributed by atoms with van der Waals surface area (Å²) in [5.41, 5.74) is 0. The van der Waals surface area contributed by atoms with E-state index >= 15 is 0 Å². The average molecular weight is 294 g/mol. The van der Waals surface area contributed by atoms with Gasteiger partial charge in [0.15, 0.2) is 0 Å². The van der Waals surface area contributed by atoms with E-state index in [2.05, 4.69) is 19.2 Å². The predicted octanol–water partition coefficient (Wildman–Crippen LogP) is 2.72. The van der Waals surface area contributed by atoms with E-state index in [4.69, 9.17) is 0 Å². The number of carbonyl (C=O) groups excluding carboxylic acids is 2. The van der Waals surface area contributed by atoms with Gasteiger partial charge in [0, 0.05) is 19.5 Å². The summed E-state index contributed by atoms with van der Waals surface area (Å²) in [6.07, 6.45) is 8.54. The molecular formula is C17H30N2O2. The smallest absolute Gasteiger partial charge is 0.245 e. The second-order valence-corrected chi connectivity index (χ2v) is 6.87. The van der Waals surface area contributed by atoms with Crippen molar-refractivity contribution in [2.24, 2.45) is 11.8 Å². The summed E-state index contributed by atoms with van der Waals surface area (Å²) in [5.74, 6) is 1.07. The Bertz CT molecular complexity index is 364. The van der Waals surface area contributed by atoms with E-state index < -0.39 is 0 Å². The molecule has 0 bridgehead atoms. The zero-order valence-corrected chi connectivity index (χ0v) is 13.6. The third kappa shape index (κ3) is 4.45. The van der Waals surface area contributed by atoms with Gasteiger partial charge in [-0.25, -0.2) is 0 Å². The highest BCUT2D eigenvalue weighted by molar-refractivity contribution is 5.90. The Kier molecular flexibility index (Phi) is 6.07. The van der Waals surface area contributed by atoms with Gasteiger partial charge in [-0.1, -0.05) is 39.5 Å². The van der Waals surface area contributed by atoms with Gasteiger partial charge in [0.2, 0.25) is 11.8 Å². The fraction of sp³-hybridized carbons (Fsp3) is 0.882. The normalized spacial score (nSPS) is 26.4. The Labute approximate surface area is 128 Å². The lowest BCUT2D eigenvalue weighted by molar-refractivity contribution is -0.136. The van der Waals surface area contributed by atoms with E-state index in [-0.39, 0.29) is 17.9 Å². The average Bonchev–Trinajstić information content (AvgIpc) is 2.62. The van der Waals surface area contributed by atoms with Crippen LogP contribution in [0.25, 0.3) is 0 Å². The van der Waals surface area contributed by atoms with Crippen molar-refractivity contribution in [3.8, 4) is 0 Å². The molecule has 120 valence electrons. The van der Waals surface area contributed by atoms with E-state index in [9.17, 15) is 9.59 Å². The molecule has 2 unspecified atom stereocenters. The molecule has 2 fully saturated rings. The van der Waals surface area contributed by atoms with Crippen LogP contribution in [0.2, 0.25) is 0 Å². The largest absolute Gasteiger partial charge is 0.344 e. The third-order valence-corrected chi connectivity index (χ3v) is 4.94. The predicted molar refractivity (Wildman–Crippen MR) is 83.8 cm³/mol. The monoisotopic (exact) mass is 294 g/mol. The van der Waals surface area contributed by atoms with Crippen LogP contribution in [0.3, 0.4) is 0 Å². The molecule has 0 aromatic heterocycles. The Morgan fingerprint density at radius 2 is 1.95 bits per heavy atom. The maximum Gasteiger partial charge on any atom is 0.245 e. The van der Waals surface area contributed by atoms with Crippen molar-refractivity contribution in [3.63, 3.8) is 0 Å². The van der Waals surface area contributed by atoms with E-state index in [1.165, 1.54) is 19.3 Å². The summed E-state index contributed by atoms with van der Waals surface area (Å²) < 4.78 is 0. The van der Waals surface area contributed by atoms with Crippen LogP contribution in [0.4, 0.5) is 0 Å². The van der Waals surface area contributed by atoms with Crippen LogP contribution < -0.4 is 5.32 Å². The van der Waals surface area contributed by atoms with Crippen LogP contribution in [-0.2, 0) is 9.59 Å². The van der Waals surface area contributed by atoms with Crippen LogP contribution in [-0.4, -0.2) is 35.8 Å². The minimum absolute atomic E-state index is 0.0459. The first-order chi connectivity index (χ1) is 10.1. The molecule has 4 heteroatoms. The van der Waals surface area contributed by atoms with Gasteiger partial charge in [-0.05, 0) is 31.1 Å². The summed E-state index contributed by atoms with van der Waals surface area (Å²) >= 11 is 0. The highest BCUT2D eigenvalue weighted by Gasteiger charge is 2.36. The molecule has 0 aromatic rings. The molecule has 4 nitrogen and oxygen atoms in total. The standard InChI is InChI=1S/C17H30N2O2/c1-3-7-13(2)12-19-11-10-15(20)18-16(17(19)21)14-8-5-4-6-9-14/h13-14,16H,3-12H2,1-2H3,(H,18,20). The minimum atomic E-state index is -0.269. The van der Waals surface area contributed by atoms with Gasteiger partial charge < -0.3 is 10.2 Å². The van der Waals surface area contributed by atoms with Gasteiger partial charge in [0.1, 0.15) is 6.04 Å². The second-order valence-electron chi connectivity index (χ2n) is 6.87. The van der Waals surface area contributed by atoms with Gasteiger partial charge in [0.05, 0.1) is 0 Å². The van der Waals surface area contributed by atoms with Crippen LogP contribution >= 0.6 is 0 Å². The van der Waals surface area contributed by atoms with E-state index in [1.807, 2.05) is 4.90 Å². The van der Waals surface area contributed by atoms with E-state index in [0.717, 1.165) is 32.2 Å². The summed E-state index contributed by atoms with van der Waals surface area (Å²) in [5, 5.41) is 3.00. The molecule has 1 aliphatic heterocycles. The fourth-order valence-corrected chi connectivity index (χ4v) is 3.78. The second kappa shape index (κ2) is 7.81. The molecule has 2 rings (SSSR count). The highest BCUT2D eigenvalue weighted by atomic mass is 16.2. The molecule has 2 atom stereocenters. The Hall–Kier alpha value is -1.06. The SMILES string of the molecule is CCCC(C)CN1CCC(=O)NC(C2CCCCC2)C1=O. The zero-order chi connectivity index (χ0) is 15.2. The van der Waals surface area contributed by atoms with Gasteiger partial charge in [0.25, 0.3) is 0 Å². The van der Waals surface area contributed by atoms with Crippen molar-refractivity contribution in [3.05, 3.63) is 0 Å². The first-order valence-corrected chi connectivity index (χ1v) is 8.70.